The van der Waals surface area contributed by atoms with Gasteiger partial charge in [0.25, 0.3) is 5.31 Å². The molecule has 0 aromatic rings. The molecule has 0 saturated carbocycles. The summed E-state index contributed by atoms with van der Waals surface area (Å²) in [6.45, 7) is 0.0329. The molecule has 0 amide bonds. The third kappa shape index (κ3) is 3.85. The topological polar surface area (TPSA) is 18.5 Å². The van der Waals surface area contributed by atoms with Gasteiger partial charge in [-0.2, -0.15) is 30.7 Å². The number of hydrogen-bond acceptors (Lipinski definition) is 2. The van der Waals surface area contributed by atoms with E-state index in [0.717, 1.165) is 6.92 Å². The molecule has 0 saturated heterocycles. The second-order valence-corrected chi connectivity index (χ2v) is 3.63. The van der Waals surface area contributed by atoms with Crippen molar-refractivity contribution >= 4 is 11.6 Å². The van der Waals surface area contributed by atoms with Gasteiger partial charge in [-0.15, -0.1) is 0 Å². The van der Waals surface area contributed by atoms with Crippen LogP contribution in [0.3, 0.4) is 0 Å². The molecule has 2 nitrogen and oxygen atoms in total. The zero-order valence-electron chi connectivity index (χ0n) is 8.55. The van der Waals surface area contributed by atoms with Crippen LogP contribution in [0.1, 0.15) is 13.8 Å². The fourth-order valence-electron chi connectivity index (χ4n) is 0.925. The molecule has 0 radical (unpaired) electrons. The summed E-state index contributed by atoms with van der Waals surface area (Å²) >= 11 is 4.60. The smallest absolute Gasteiger partial charge is 0.336 e. The largest absolute Gasteiger partial charge is 0.453 e. The van der Waals surface area contributed by atoms with Crippen molar-refractivity contribution in [3.8, 4) is 0 Å². The summed E-state index contributed by atoms with van der Waals surface area (Å²) in [6.07, 6.45) is -12.1. The van der Waals surface area contributed by atoms with E-state index in [1.54, 1.807) is 0 Å². The van der Waals surface area contributed by atoms with Crippen LogP contribution in [0.5, 0.6) is 0 Å². The number of halogens is 8. The first kappa shape index (κ1) is 16.7. The molecule has 0 rings (SSSR count). The molecular formula is C7H8ClF7O2. The lowest BCUT2D eigenvalue weighted by Gasteiger charge is -2.38. The first-order valence-corrected chi connectivity index (χ1v) is 4.50. The highest BCUT2D eigenvalue weighted by molar-refractivity contribution is 6.21. The Morgan fingerprint density at radius 2 is 1.29 bits per heavy atom. The summed E-state index contributed by atoms with van der Waals surface area (Å²) < 4.78 is 93.8. The Balaban J connectivity index is 5.59. The van der Waals surface area contributed by atoms with E-state index >= 15 is 0 Å². The first-order chi connectivity index (χ1) is 7.27. The summed E-state index contributed by atoms with van der Waals surface area (Å²) in [7, 11) is 0. The van der Waals surface area contributed by atoms with Gasteiger partial charge >= 0.3 is 18.1 Å². The minimum Gasteiger partial charge on any atom is -0.336 e. The Hall–Kier alpha value is -0.280. The zero-order chi connectivity index (χ0) is 14.1. The number of rotatable bonds is 4. The molecule has 0 aliphatic heterocycles. The van der Waals surface area contributed by atoms with Crippen LogP contribution in [0, 0.1) is 0 Å². The molecular weight excluding hydrogens is 285 g/mol. The summed E-state index contributed by atoms with van der Waals surface area (Å²) in [6, 6.07) is 0. The third-order valence-electron chi connectivity index (χ3n) is 1.42. The highest BCUT2D eigenvalue weighted by atomic mass is 35.5. The van der Waals surface area contributed by atoms with Crippen molar-refractivity contribution in [2.24, 2.45) is 0 Å². The van der Waals surface area contributed by atoms with E-state index in [2.05, 4.69) is 21.1 Å². The van der Waals surface area contributed by atoms with Gasteiger partial charge in [0, 0.05) is 13.5 Å². The van der Waals surface area contributed by atoms with Gasteiger partial charge in [0.2, 0.25) is 0 Å². The van der Waals surface area contributed by atoms with Crippen molar-refractivity contribution in [1.82, 2.24) is 0 Å². The fraction of sp³-hybridized carbons (Fsp3) is 1.00. The van der Waals surface area contributed by atoms with Crippen LogP contribution < -0.4 is 0 Å². The monoisotopic (exact) mass is 292 g/mol. The Labute approximate surface area is 96.6 Å². The maximum atomic E-state index is 12.7. The van der Waals surface area contributed by atoms with Gasteiger partial charge in [0.15, 0.2) is 0 Å². The van der Waals surface area contributed by atoms with Gasteiger partial charge in [0.1, 0.15) is 0 Å². The zero-order valence-corrected chi connectivity index (χ0v) is 9.30. The average Bonchev–Trinajstić information content (AvgIpc) is 1.96. The molecule has 0 aromatic heterocycles. The minimum absolute atomic E-state index is 0.180. The second kappa shape index (κ2) is 4.77. The lowest BCUT2D eigenvalue weighted by atomic mass is 10.2. The second-order valence-electron chi connectivity index (χ2n) is 2.95. The van der Waals surface area contributed by atoms with Crippen LogP contribution in [0.25, 0.3) is 0 Å². The van der Waals surface area contributed by atoms with Crippen molar-refractivity contribution in [2.45, 2.75) is 37.3 Å². The van der Waals surface area contributed by atoms with Gasteiger partial charge < -0.3 is 4.74 Å². The lowest BCUT2D eigenvalue weighted by molar-refractivity contribution is -0.487. The maximum absolute atomic E-state index is 12.7. The van der Waals surface area contributed by atoms with Crippen LogP contribution in [0.15, 0.2) is 0 Å². The summed E-state index contributed by atoms with van der Waals surface area (Å²) in [5, 5.41) is -3.69. The predicted octanol–water partition coefficient (Wildman–Crippen LogP) is 3.74. The van der Waals surface area contributed by atoms with Crippen molar-refractivity contribution in [3.05, 3.63) is 0 Å². The molecule has 0 aliphatic carbocycles. The lowest BCUT2D eigenvalue weighted by Crippen LogP contribution is -2.62. The highest BCUT2D eigenvalue weighted by Gasteiger charge is 2.76. The van der Waals surface area contributed by atoms with E-state index in [4.69, 9.17) is 0 Å². The van der Waals surface area contributed by atoms with Crippen LogP contribution in [0.2, 0.25) is 0 Å². The van der Waals surface area contributed by atoms with Crippen LogP contribution in [-0.4, -0.2) is 30.1 Å². The Morgan fingerprint density at radius 3 is 1.47 bits per heavy atom. The van der Waals surface area contributed by atoms with E-state index in [1.165, 1.54) is 0 Å². The molecule has 0 aliphatic rings. The molecule has 0 spiro atoms. The van der Waals surface area contributed by atoms with E-state index in [-0.39, 0.29) is 6.92 Å². The summed E-state index contributed by atoms with van der Waals surface area (Å²) in [5.74, 6) is -5.10. The number of ether oxygens (including phenoxy) is 2. The molecule has 0 aromatic carbocycles. The fourth-order valence-corrected chi connectivity index (χ4v) is 1.03. The van der Waals surface area contributed by atoms with Crippen LogP contribution in [0.4, 0.5) is 30.7 Å². The SMILES string of the molecule is CCOC(OC(C)(F)Cl)(C(F)(F)F)C(F)(F)F. The standard InChI is InChI=1S/C7H8ClF7O2/c1-3-16-5(6(10,11)12,7(13,14)15)17-4(2,8)9/h3H2,1-2H3. The average molecular weight is 293 g/mol. The van der Waals surface area contributed by atoms with Crippen LogP contribution in [-0.2, 0) is 9.47 Å². The highest BCUT2D eigenvalue weighted by Crippen LogP contribution is 2.49. The molecule has 17 heavy (non-hydrogen) atoms. The van der Waals surface area contributed by atoms with Crippen LogP contribution >= 0.6 is 11.6 Å². The Morgan fingerprint density at radius 1 is 0.941 bits per heavy atom. The number of alkyl halides is 8. The molecule has 0 fully saturated rings. The van der Waals surface area contributed by atoms with Gasteiger partial charge in [-0.25, -0.2) is 0 Å². The molecule has 0 heterocycles. The Bertz CT molecular complexity index is 240. The van der Waals surface area contributed by atoms with E-state index in [1.807, 2.05) is 0 Å². The maximum Gasteiger partial charge on any atom is 0.453 e. The van der Waals surface area contributed by atoms with Crippen molar-refractivity contribution in [1.29, 1.82) is 0 Å². The molecule has 10 heteroatoms. The third-order valence-corrected chi connectivity index (χ3v) is 1.49. The summed E-state index contributed by atoms with van der Waals surface area (Å²) in [4.78, 5) is 0. The van der Waals surface area contributed by atoms with Gasteiger partial charge in [0.05, 0.1) is 0 Å². The summed E-state index contributed by atoms with van der Waals surface area (Å²) in [5.41, 5.74) is 0. The van der Waals surface area contributed by atoms with E-state index < -0.39 is 30.1 Å². The van der Waals surface area contributed by atoms with Crippen molar-refractivity contribution in [2.75, 3.05) is 6.61 Å². The Kier molecular flexibility index (Phi) is 4.69. The normalized spacial score (nSPS) is 18.0. The predicted molar refractivity (Wildman–Crippen MR) is 42.9 cm³/mol. The van der Waals surface area contributed by atoms with E-state index in [0.29, 0.717) is 0 Å². The quantitative estimate of drug-likeness (QED) is 0.446. The molecule has 1 atom stereocenters. The molecule has 104 valence electrons. The van der Waals surface area contributed by atoms with Gasteiger partial charge in [-0.3, -0.25) is 4.74 Å². The number of hydrogen-bond donors (Lipinski definition) is 0. The molecule has 0 bridgehead atoms. The minimum atomic E-state index is -6.04. The van der Waals surface area contributed by atoms with Crippen molar-refractivity contribution < 1.29 is 40.2 Å². The van der Waals surface area contributed by atoms with Crippen molar-refractivity contribution in [3.63, 3.8) is 0 Å². The first-order valence-electron chi connectivity index (χ1n) is 4.12. The molecule has 1 unspecified atom stereocenters. The van der Waals surface area contributed by atoms with Gasteiger partial charge in [-0.1, -0.05) is 11.6 Å². The van der Waals surface area contributed by atoms with Gasteiger partial charge in [-0.05, 0) is 6.92 Å². The van der Waals surface area contributed by atoms with E-state index in [9.17, 15) is 30.7 Å². The molecule has 0 N–H and O–H groups in total.